The van der Waals surface area contributed by atoms with Crippen molar-refractivity contribution >= 4 is 22.6 Å². The number of nitrogens with zero attached hydrogens (tertiary/aromatic N) is 4. The number of nitrogens with one attached hydrogen (secondary N) is 2. The molecule has 0 bridgehead atoms. The molecule has 3 aliphatic rings. The van der Waals surface area contributed by atoms with Crippen LogP contribution in [0.2, 0.25) is 0 Å². The predicted octanol–water partition coefficient (Wildman–Crippen LogP) is 1.61. The zero-order valence-corrected chi connectivity index (χ0v) is 18.6. The van der Waals surface area contributed by atoms with Crippen LogP contribution in [0.25, 0.3) is 11.0 Å². The van der Waals surface area contributed by atoms with Gasteiger partial charge in [0.2, 0.25) is 0 Å². The molecule has 0 unspecified atom stereocenters. The summed E-state index contributed by atoms with van der Waals surface area (Å²) in [5, 5.41) is 6.37. The van der Waals surface area contributed by atoms with Crippen molar-refractivity contribution in [3.63, 3.8) is 0 Å². The number of fused-ring (bicyclic) bond motifs is 1. The summed E-state index contributed by atoms with van der Waals surface area (Å²) in [7, 11) is 0. The van der Waals surface area contributed by atoms with Gasteiger partial charge in [-0.3, -0.25) is 19.6 Å². The number of anilines is 1. The van der Waals surface area contributed by atoms with Crippen molar-refractivity contribution in [2.75, 3.05) is 31.6 Å². The van der Waals surface area contributed by atoms with Gasteiger partial charge in [-0.15, -0.1) is 0 Å². The van der Waals surface area contributed by atoms with E-state index in [1.807, 2.05) is 6.07 Å². The average Bonchev–Trinajstić information content (AvgIpc) is 3.23. The van der Waals surface area contributed by atoms with Gasteiger partial charge < -0.3 is 24.8 Å². The zero-order valence-electron chi connectivity index (χ0n) is 18.6. The largest absolute Gasteiger partial charge is 0.480 e. The van der Waals surface area contributed by atoms with Crippen molar-refractivity contribution in [1.29, 1.82) is 0 Å². The van der Waals surface area contributed by atoms with Crippen molar-refractivity contribution < 1.29 is 13.9 Å². The van der Waals surface area contributed by atoms with Crippen molar-refractivity contribution in [3.05, 3.63) is 58.0 Å². The van der Waals surface area contributed by atoms with E-state index in [0.717, 1.165) is 38.2 Å². The highest BCUT2D eigenvalue weighted by molar-refractivity contribution is 5.95. The molecule has 176 valence electrons. The maximum Gasteiger partial charge on any atom is 0.262 e. The lowest BCUT2D eigenvalue weighted by atomic mass is 9.98. The molecule has 3 aromatic rings. The van der Waals surface area contributed by atoms with Crippen LogP contribution in [0.4, 0.5) is 10.1 Å². The summed E-state index contributed by atoms with van der Waals surface area (Å²) < 4.78 is 21.7. The molecule has 0 radical (unpaired) electrons. The molecule has 2 N–H and O–H groups in total. The van der Waals surface area contributed by atoms with Crippen LogP contribution in [0.15, 0.2) is 35.4 Å². The molecular weight excluding hydrogens is 439 g/mol. The number of rotatable bonds is 5. The van der Waals surface area contributed by atoms with E-state index in [9.17, 15) is 14.0 Å². The molecule has 6 heterocycles. The Balaban J connectivity index is 1.06. The molecule has 3 aromatic heterocycles. The van der Waals surface area contributed by atoms with E-state index in [1.54, 1.807) is 16.8 Å². The minimum Gasteiger partial charge on any atom is -0.480 e. The third-order valence-corrected chi connectivity index (χ3v) is 7.00. The molecule has 1 atom stereocenters. The van der Waals surface area contributed by atoms with Gasteiger partial charge in [0.05, 0.1) is 34.8 Å². The summed E-state index contributed by atoms with van der Waals surface area (Å²) in [6.07, 6.45) is 4.86. The van der Waals surface area contributed by atoms with Crippen LogP contribution in [-0.2, 0) is 17.9 Å². The number of carbonyl (C=O) groups is 1. The molecule has 10 heteroatoms. The first-order valence-corrected chi connectivity index (χ1v) is 11.6. The van der Waals surface area contributed by atoms with Gasteiger partial charge in [-0.25, -0.2) is 4.39 Å². The first kappa shape index (κ1) is 21.2. The molecule has 34 heavy (non-hydrogen) atoms. The smallest absolute Gasteiger partial charge is 0.262 e. The number of carbonyl (C=O) groups excluding carboxylic acids is 1. The molecule has 9 nitrogen and oxygen atoms in total. The fraction of sp³-hybridized carbons (Fsp3) is 0.417. The van der Waals surface area contributed by atoms with Crippen LogP contribution in [0.1, 0.15) is 30.0 Å². The topological polar surface area (TPSA) is 101 Å². The van der Waals surface area contributed by atoms with E-state index in [4.69, 9.17) is 4.74 Å². The lowest BCUT2D eigenvalue weighted by molar-refractivity contribution is -0.118. The summed E-state index contributed by atoms with van der Waals surface area (Å²) in [6, 6.07) is 5.38. The predicted molar refractivity (Wildman–Crippen MR) is 123 cm³/mol. The third kappa shape index (κ3) is 3.82. The van der Waals surface area contributed by atoms with Gasteiger partial charge in [-0.2, -0.15) is 0 Å². The van der Waals surface area contributed by atoms with Gasteiger partial charge in [-0.05, 0) is 38.1 Å². The third-order valence-electron chi connectivity index (χ3n) is 7.00. The molecule has 1 saturated heterocycles. The van der Waals surface area contributed by atoms with E-state index in [-0.39, 0.29) is 29.8 Å². The van der Waals surface area contributed by atoms with Gasteiger partial charge in [0.25, 0.3) is 11.5 Å². The Hall–Kier alpha value is -3.37. The molecule has 1 fully saturated rings. The Morgan fingerprint density at radius 3 is 2.88 bits per heavy atom. The highest BCUT2D eigenvalue weighted by atomic mass is 19.1. The second kappa shape index (κ2) is 8.44. The number of aromatic nitrogens is 3. The SMILES string of the molecule is O=C1COc2cnc(CNC3CCN(C[C@@H]4Cn5c(=O)ccc6ncc(F)c4c65)CC3)cc2N1. The van der Waals surface area contributed by atoms with Crippen LogP contribution in [0.3, 0.4) is 0 Å². The number of piperidine rings is 1. The number of ether oxygens (including phenoxy) is 1. The van der Waals surface area contributed by atoms with Gasteiger partial charge in [0.1, 0.15) is 5.82 Å². The van der Waals surface area contributed by atoms with E-state index in [0.29, 0.717) is 47.2 Å². The summed E-state index contributed by atoms with van der Waals surface area (Å²) in [5.74, 6) is 0.0516. The number of hydrogen-bond acceptors (Lipinski definition) is 7. The quantitative estimate of drug-likeness (QED) is 0.592. The normalized spacial score (nSPS) is 20.3. The number of hydrogen-bond donors (Lipinski definition) is 2. The molecule has 0 aromatic carbocycles. The monoisotopic (exact) mass is 464 g/mol. The lowest BCUT2D eigenvalue weighted by Crippen LogP contribution is -2.43. The minimum atomic E-state index is -0.329. The number of amides is 1. The maximum atomic E-state index is 14.7. The number of pyridine rings is 3. The van der Waals surface area contributed by atoms with E-state index in [1.165, 1.54) is 12.3 Å². The van der Waals surface area contributed by atoms with Crippen LogP contribution in [-0.4, -0.2) is 57.6 Å². The first-order valence-electron chi connectivity index (χ1n) is 11.6. The van der Waals surface area contributed by atoms with E-state index in [2.05, 4.69) is 25.5 Å². The Kier molecular flexibility index (Phi) is 5.26. The van der Waals surface area contributed by atoms with Crippen molar-refractivity contribution in [3.8, 4) is 5.75 Å². The molecule has 0 spiro atoms. The van der Waals surface area contributed by atoms with Crippen LogP contribution in [0, 0.1) is 5.82 Å². The second-order valence-electron chi connectivity index (χ2n) is 9.20. The summed E-state index contributed by atoms with van der Waals surface area (Å²) in [4.78, 5) is 34.8. The zero-order chi connectivity index (χ0) is 23.2. The van der Waals surface area contributed by atoms with Gasteiger partial charge >= 0.3 is 0 Å². The number of halogens is 1. The van der Waals surface area contributed by atoms with E-state index < -0.39 is 0 Å². The molecule has 0 aliphatic carbocycles. The number of likely N-dealkylation sites (tertiary alicyclic amines) is 1. The second-order valence-corrected chi connectivity index (χ2v) is 9.20. The highest BCUT2D eigenvalue weighted by Crippen LogP contribution is 2.34. The summed E-state index contributed by atoms with van der Waals surface area (Å²) >= 11 is 0. The molecule has 3 aliphatic heterocycles. The standard InChI is InChI=1S/C24H25FN6O3/c25-17-9-28-18-1-2-22(33)31-12-14(23(17)24(18)31)11-30-5-3-15(4-6-30)26-8-16-7-19-20(10-27-16)34-13-21(32)29-19/h1-2,7,9-10,14-15,26H,3-6,8,11-13H2,(H,29,32)/t14-/m1/s1. The fourth-order valence-electron chi connectivity index (χ4n) is 5.30. The molecular formula is C24H25FN6O3. The average molecular weight is 465 g/mol. The maximum absolute atomic E-state index is 14.7. The minimum absolute atomic E-state index is 0.0210. The summed E-state index contributed by atoms with van der Waals surface area (Å²) in [5.41, 5.74) is 3.34. The lowest BCUT2D eigenvalue weighted by Gasteiger charge is -2.34. The van der Waals surface area contributed by atoms with Crippen molar-refractivity contribution in [2.45, 2.75) is 37.9 Å². The highest BCUT2D eigenvalue weighted by Gasteiger charge is 2.31. The van der Waals surface area contributed by atoms with Crippen LogP contribution in [0.5, 0.6) is 5.75 Å². The molecule has 1 amide bonds. The van der Waals surface area contributed by atoms with E-state index >= 15 is 0 Å². The summed E-state index contributed by atoms with van der Waals surface area (Å²) in [6.45, 7) is 3.64. The first-order chi connectivity index (χ1) is 16.5. The van der Waals surface area contributed by atoms with Gasteiger partial charge in [0.15, 0.2) is 12.4 Å². The van der Waals surface area contributed by atoms with Crippen molar-refractivity contribution in [2.24, 2.45) is 0 Å². The van der Waals surface area contributed by atoms with Gasteiger partial charge in [0, 0.05) is 43.2 Å². The molecule has 6 rings (SSSR count). The van der Waals surface area contributed by atoms with Crippen LogP contribution >= 0.6 is 0 Å². The van der Waals surface area contributed by atoms with Crippen molar-refractivity contribution in [1.82, 2.24) is 24.8 Å². The Morgan fingerprint density at radius 2 is 2.03 bits per heavy atom. The fourth-order valence-corrected chi connectivity index (χ4v) is 5.30. The Bertz CT molecular complexity index is 1330. The molecule has 0 saturated carbocycles. The Labute approximate surface area is 194 Å². The Morgan fingerprint density at radius 1 is 1.18 bits per heavy atom. The van der Waals surface area contributed by atoms with Gasteiger partial charge in [-0.1, -0.05) is 0 Å². The van der Waals surface area contributed by atoms with Crippen LogP contribution < -0.4 is 20.9 Å².